The number of thiophene rings is 1. The maximum atomic E-state index is 13.9. The Morgan fingerprint density at radius 3 is 2.73 bits per heavy atom. The molecule has 4 aromatic rings. The van der Waals surface area contributed by atoms with E-state index in [0.717, 1.165) is 18.0 Å². The largest absolute Gasteiger partial charge is 0.441 e. The van der Waals surface area contributed by atoms with Crippen LogP contribution in [-0.2, 0) is 17.8 Å². The minimum absolute atomic E-state index is 0.0538. The summed E-state index contributed by atoms with van der Waals surface area (Å²) in [4.78, 5) is 26.3. The van der Waals surface area contributed by atoms with Gasteiger partial charge in [-0.2, -0.15) is 4.98 Å². The van der Waals surface area contributed by atoms with Gasteiger partial charge in [-0.05, 0) is 23.6 Å². The molecule has 5 rings (SSSR count). The van der Waals surface area contributed by atoms with E-state index >= 15 is 0 Å². The Balaban J connectivity index is 1.09. The highest BCUT2D eigenvalue weighted by Crippen LogP contribution is 2.24. The van der Waals surface area contributed by atoms with E-state index in [4.69, 9.17) is 8.94 Å². The van der Waals surface area contributed by atoms with Crippen LogP contribution in [0.3, 0.4) is 0 Å². The van der Waals surface area contributed by atoms with Crippen LogP contribution in [0.1, 0.15) is 18.2 Å². The first-order valence-corrected chi connectivity index (χ1v) is 11.6. The molecule has 170 valence electrons. The normalized spacial score (nSPS) is 14.6. The molecular formula is C23H22FN5O3S. The monoisotopic (exact) mass is 467 g/mol. The molecule has 0 aliphatic carbocycles. The van der Waals surface area contributed by atoms with Gasteiger partial charge in [0, 0.05) is 39.0 Å². The van der Waals surface area contributed by atoms with Crippen LogP contribution in [-0.4, -0.2) is 57.0 Å². The highest BCUT2D eigenvalue weighted by Gasteiger charge is 2.23. The number of carbonyl (C=O) groups is 1. The molecule has 0 bridgehead atoms. The summed E-state index contributed by atoms with van der Waals surface area (Å²) in [6.07, 6.45) is 2.17. The lowest BCUT2D eigenvalue weighted by Gasteiger charge is -2.33. The molecule has 0 saturated carbocycles. The first-order valence-electron chi connectivity index (χ1n) is 10.7. The number of aryl methyl sites for hydroxylation is 1. The average Bonchev–Trinajstić information content (AvgIpc) is 3.60. The second-order valence-electron chi connectivity index (χ2n) is 7.74. The number of oxazole rings is 1. The number of aromatic nitrogens is 3. The topological polar surface area (TPSA) is 88.5 Å². The Hall–Kier alpha value is -3.37. The molecule has 1 aromatic carbocycles. The highest BCUT2D eigenvalue weighted by atomic mass is 32.1. The van der Waals surface area contributed by atoms with Crippen LogP contribution in [0.25, 0.3) is 22.0 Å². The van der Waals surface area contributed by atoms with Crippen molar-refractivity contribution in [3.05, 3.63) is 65.6 Å². The summed E-state index contributed by atoms with van der Waals surface area (Å²) in [7, 11) is 0. The maximum absolute atomic E-state index is 13.9. The molecule has 3 aromatic heterocycles. The Bertz CT molecular complexity index is 1210. The van der Waals surface area contributed by atoms with E-state index in [0.29, 0.717) is 61.4 Å². The van der Waals surface area contributed by atoms with Gasteiger partial charge >= 0.3 is 0 Å². The van der Waals surface area contributed by atoms with Crippen LogP contribution >= 0.6 is 11.3 Å². The lowest BCUT2D eigenvalue weighted by molar-refractivity contribution is -0.133. The number of carbonyl (C=O) groups excluding carboxylic acids is 1. The fraction of sp³-hybridized carbons (Fsp3) is 0.304. The fourth-order valence-electron chi connectivity index (χ4n) is 3.76. The summed E-state index contributed by atoms with van der Waals surface area (Å²) in [6.45, 7) is 3.31. The van der Waals surface area contributed by atoms with E-state index in [-0.39, 0.29) is 11.7 Å². The summed E-state index contributed by atoms with van der Waals surface area (Å²) < 4.78 is 24.9. The summed E-state index contributed by atoms with van der Waals surface area (Å²) in [5, 5.41) is 6.02. The Labute approximate surface area is 193 Å². The molecule has 0 N–H and O–H groups in total. The summed E-state index contributed by atoms with van der Waals surface area (Å²) in [6, 6.07) is 10.3. The predicted molar refractivity (Wildman–Crippen MR) is 120 cm³/mol. The molecule has 0 atom stereocenters. The Morgan fingerprint density at radius 2 is 1.94 bits per heavy atom. The first-order chi connectivity index (χ1) is 16.2. The standard InChI is InChI=1S/C23H22FN5O3S/c24-17-5-2-1-4-16(17)18-14-25-20(31-18)7-8-22(30)29-11-9-28(10-12-29)15-21-26-23(27-32-21)19-6-3-13-33-19/h1-6,13-14H,7-12,15H2. The minimum Gasteiger partial charge on any atom is -0.441 e. The number of rotatable bonds is 7. The van der Waals surface area contributed by atoms with Crippen molar-refractivity contribution in [1.82, 2.24) is 24.9 Å². The molecule has 0 unspecified atom stereocenters. The zero-order valence-corrected chi connectivity index (χ0v) is 18.6. The third-order valence-electron chi connectivity index (χ3n) is 5.54. The second-order valence-corrected chi connectivity index (χ2v) is 8.69. The zero-order valence-electron chi connectivity index (χ0n) is 17.8. The molecule has 10 heteroatoms. The quantitative estimate of drug-likeness (QED) is 0.408. The average molecular weight is 468 g/mol. The van der Waals surface area contributed by atoms with Crippen molar-refractivity contribution in [2.45, 2.75) is 19.4 Å². The van der Waals surface area contributed by atoms with Crippen LogP contribution in [0.2, 0.25) is 0 Å². The molecule has 1 aliphatic rings. The number of piperazine rings is 1. The predicted octanol–water partition coefficient (Wildman–Crippen LogP) is 3.87. The van der Waals surface area contributed by atoms with Crippen LogP contribution in [0.15, 0.2) is 56.9 Å². The van der Waals surface area contributed by atoms with Crippen LogP contribution in [0.4, 0.5) is 4.39 Å². The number of hydrogen-bond donors (Lipinski definition) is 0. The molecule has 1 saturated heterocycles. The van der Waals surface area contributed by atoms with Gasteiger partial charge in [0.2, 0.25) is 17.6 Å². The van der Waals surface area contributed by atoms with E-state index in [1.54, 1.807) is 29.5 Å². The third kappa shape index (κ3) is 5.01. The Kier molecular flexibility index (Phi) is 6.27. The van der Waals surface area contributed by atoms with Crippen LogP contribution in [0, 0.1) is 5.82 Å². The molecule has 1 amide bonds. The van der Waals surface area contributed by atoms with Crippen molar-refractivity contribution in [3.8, 4) is 22.0 Å². The lowest BCUT2D eigenvalue weighted by atomic mass is 10.2. The second kappa shape index (κ2) is 9.63. The highest BCUT2D eigenvalue weighted by molar-refractivity contribution is 7.13. The third-order valence-corrected chi connectivity index (χ3v) is 6.40. The smallest absolute Gasteiger partial charge is 0.241 e. The van der Waals surface area contributed by atoms with Crippen molar-refractivity contribution in [1.29, 1.82) is 0 Å². The summed E-state index contributed by atoms with van der Waals surface area (Å²) >= 11 is 1.57. The molecule has 0 radical (unpaired) electrons. The Morgan fingerprint density at radius 1 is 1.09 bits per heavy atom. The number of halogens is 1. The van der Waals surface area contributed by atoms with Crippen molar-refractivity contribution in [3.63, 3.8) is 0 Å². The van der Waals surface area contributed by atoms with Crippen molar-refractivity contribution in [2.75, 3.05) is 26.2 Å². The number of benzene rings is 1. The zero-order chi connectivity index (χ0) is 22.6. The molecule has 1 aliphatic heterocycles. The lowest BCUT2D eigenvalue weighted by Crippen LogP contribution is -2.48. The van der Waals surface area contributed by atoms with Gasteiger partial charge in [0.1, 0.15) is 5.82 Å². The maximum Gasteiger partial charge on any atom is 0.241 e. The summed E-state index contributed by atoms with van der Waals surface area (Å²) in [5.41, 5.74) is 0.363. The van der Waals surface area contributed by atoms with Gasteiger partial charge in [-0.3, -0.25) is 9.69 Å². The van der Waals surface area contributed by atoms with Gasteiger partial charge in [0.05, 0.1) is 23.2 Å². The molecular weight excluding hydrogens is 445 g/mol. The van der Waals surface area contributed by atoms with E-state index in [1.165, 1.54) is 12.3 Å². The molecule has 1 fully saturated rings. The van der Waals surface area contributed by atoms with Gasteiger partial charge in [0.25, 0.3) is 0 Å². The van der Waals surface area contributed by atoms with Crippen molar-refractivity contribution in [2.24, 2.45) is 0 Å². The van der Waals surface area contributed by atoms with Gasteiger partial charge in [0.15, 0.2) is 11.7 Å². The van der Waals surface area contributed by atoms with Gasteiger partial charge in [-0.15, -0.1) is 11.3 Å². The first kappa shape index (κ1) is 21.5. The van der Waals surface area contributed by atoms with Crippen LogP contribution in [0.5, 0.6) is 0 Å². The number of hydrogen-bond acceptors (Lipinski definition) is 8. The van der Waals surface area contributed by atoms with E-state index < -0.39 is 0 Å². The minimum atomic E-state index is -0.363. The van der Waals surface area contributed by atoms with E-state index in [1.807, 2.05) is 22.4 Å². The van der Waals surface area contributed by atoms with Crippen LogP contribution < -0.4 is 0 Å². The molecule has 8 nitrogen and oxygen atoms in total. The van der Waals surface area contributed by atoms with Gasteiger partial charge in [-0.25, -0.2) is 9.37 Å². The van der Waals surface area contributed by atoms with Gasteiger partial charge < -0.3 is 13.8 Å². The number of nitrogens with zero attached hydrogens (tertiary/aromatic N) is 5. The molecule has 4 heterocycles. The van der Waals surface area contributed by atoms with Crippen molar-refractivity contribution >= 4 is 17.2 Å². The molecule has 33 heavy (non-hydrogen) atoms. The van der Waals surface area contributed by atoms with E-state index in [2.05, 4.69) is 20.0 Å². The van der Waals surface area contributed by atoms with Crippen molar-refractivity contribution < 1.29 is 18.1 Å². The SMILES string of the molecule is O=C(CCc1ncc(-c2ccccc2F)o1)N1CCN(Cc2nc(-c3cccs3)no2)CC1. The van der Waals surface area contributed by atoms with Gasteiger partial charge in [-0.1, -0.05) is 23.4 Å². The molecule has 0 spiro atoms. The summed E-state index contributed by atoms with van der Waals surface area (Å²) in [5.74, 6) is 1.67. The van der Waals surface area contributed by atoms with E-state index in [9.17, 15) is 9.18 Å². The fourth-order valence-corrected chi connectivity index (χ4v) is 4.40. The number of amides is 1.